The molecule has 4 rings (SSSR count). The number of hydrogen-bond acceptors (Lipinski definition) is 8. The van der Waals surface area contributed by atoms with Gasteiger partial charge < -0.3 is 24.7 Å². The van der Waals surface area contributed by atoms with Crippen molar-refractivity contribution in [2.24, 2.45) is 5.73 Å². The summed E-state index contributed by atoms with van der Waals surface area (Å²) in [5.74, 6) is -1.87. The maximum absolute atomic E-state index is 12.7. The van der Waals surface area contributed by atoms with E-state index in [0.29, 0.717) is 16.7 Å². The van der Waals surface area contributed by atoms with Crippen LogP contribution >= 0.6 is 0 Å². The zero-order valence-electron chi connectivity index (χ0n) is 18.1. The fourth-order valence-corrected chi connectivity index (χ4v) is 3.51. The third-order valence-corrected chi connectivity index (χ3v) is 5.24. The fraction of sp³-hybridized carbons (Fsp3) is 0.192. The lowest BCUT2D eigenvalue weighted by molar-refractivity contribution is -0.0446. The van der Waals surface area contributed by atoms with Crippen molar-refractivity contribution >= 4 is 17.9 Å². The summed E-state index contributed by atoms with van der Waals surface area (Å²) in [5, 5.41) is 0. The smallest absolute Gasteiger partial charge is 0.338 e. The first kappa shape index (κ1) is 23.2. The molecule has 4 atom stereocenters. The molecule has 1 heterocycles. The molecule has 0 amide bonds. The molecule has 174 valence electrons. The van der Waals surface area contributed by atoms with E-state index in [2.05, 4.69) is 0 Å². The third kappa shape index (κ3) is 5.48. The van der Waals surface area contributed by atoms with Crippen molar-refractivity contribution in [2.45, 2.75) is 24.5 Å². The van der Waals surface area contributed by atoms with Crippen LogP contribution in [0.25, 0.3) is 0 Å². The summed E-state index contributed by atoms with van der Waals surface area (Å²) in [7, 11) is 0. The van der Waals surface area contributed by atoms with Gasteiger partial charge in [0.05, 0.1) is 16.7 Å². The van der Waals surface area contributed by atoms with Crippen molar-refractivity contribution < 1.29 is 33.3 Å². The van der Waals surface area contributed by atoms with Crippen LogP contribution in [0, 0.1) is 0 Å². The largest absolute Gasteiger partial charge is 0.459 e. The van der Waals surface area contributed by atoms with Gasteiger partial charge in [0, 0.05) is 0 Å². The van der Waals surface area contributed by atoms with Gasteiger partial charge in [0.1, 0.15) is 18.9 Å². The third-order valence-electron chi connectivity index (χ3n) is 5.24. The van der Waals surface area contributed by atoms with E-state index in [-0.39, 0.29) is 6.61 Å². The molecular formula is C26H23NO7. The molecular weight excluding hydrogens is 438 g/mol. The molecule has 8 heteroatoms. The number of esters is 3. The molecule has 0 spiro atoms. The van der Waals surface area contributed by atoms with Crippen LogP contribution in [0.3, 0.4) is 0 Å². The average Bonchev–Trinajstić information content (AvgIpc) is 3.17. The molecule has 8 nitrogen and oxygen atoms in total. The summed E-state index contributed by atoms with van der Waals surface area (Å²) in [6, 6.07) is 25.1. The second-order valence-electron chi connectivity index (χ2n) is 7.58. The minimum Gasteiger partial charge on any atom is -0.459 e. The second-order valence-corrected chi connectivity index (χ2v) is 7.58. The van der Waals surface area contributed by atoms with Crippen LogP contribution in [0.5, 0.6) is 0 Å². The number of ether oxygens (including phenoxy) is 4. The van der Waals surface area contributed by atoms with E-state index in [0.717, 1.165) is 0 Å². The summed E-state index contributed by atoms with van der Waals surface area (Å²) < 4.78 is 22.3. The Morgan fingerprint density at radius 2 is 1.06 bits per heavy atom. The maximum atomic E-state index is 12.7. The van der Waals surface area contributed by atoms with E-state index in [4.69, 9.17) is 24.7 Å². The summed E-state index contributed by atoms with van der Waals surface area (Å²) >= 11 is 0. The van der Waals surface area contributed by atoms with Crippen molar-refractivity contribution in [1.82, 2.24) is 0 Å². The molecule has 1 aliphatic heterocycles. The number of carbonyl (C=O) groups excluding carboxylic acids is 3. The van der Waals surface area contributed by atoms with E-state index < -0.39 is 42.4 Å². The first-order valence-electron chi connectivity index (χ1n) is 10.7. The molecule has 34 heavy (non-hydrogen) atoms. The highest BCUT2D eigenvalue weighted by atomic mass is 16.7. The minimum absolute atomic E-state index is 0.256. The van der Waals surface area contributed by atoms with Gasteiger partial charge in [-0.05, 0) is 36.4 Å². The highest BCUT2D eigenvalue weighted by molar-refractivity contribution is 5.91. The van der Waals surface area contributed by atoms with Crippen LogP contribution in [0.1, 0.15) is 31.1 Å². The Morgan fingerprint density at radius 3 is 1.53 bits per heavy atom. The Hall–Kier alpha value is -4.01. The van der Waals surface area contributed by atoms with Crippen LogP contribution in [0.15, 0.2) is 91.0 Å². The number of rotatable bonds is 7. The van der Waals surface area contributed by atoms with Crippen molar-refractivity contribution in [2.75, 3.05) is 6.61 Å². The van der Waals surface area contributed by atoms with Gasteiger partial charge in [-0.3, -0.25) is 0 Å². The highest BCUT2D eigenvalue weighted by Gasteiger charge is 2.49. The normalized spacial score (nSPS) is 21.4. The van der Waals surface area contributed by atoms with Crippen LogP contribution in [-0.4, -0.2) is 49.1 Å². The zero-order valence-corrected chi connectivity index (χ0v) is 18.1. The summed E-state index contributed by atoms with van der Waals surface area (Å²) in [6.07, 6.45) is -4.25. The molecule has 2 N–H and O–H groups in total. The van der Waals surface area contributed by atoms with Crippen LogP contribution in [0.2, 0.25) is 0 Å². The quantitative estimate of drug-likeness (QED) is 0.422. The summed E-state index contributed by atoms with van der Waals surface area (Å²) in [6.45, 7) is -0.256. The lowest BCUT2D eigenvalue weighted by Gasteiger charge is -2.23. The first-order chi connectivity index (χ1) is 16.5. The molecule has 0 aromatic heterocycles. The van der Waals surface area contributed by atoms with Gasteiger partial charge in [-0.15, -0.1) is 0 Å². The monoisotopic (exact) mass is 461 g/mol. The van der Waals surface area contributed by atoms with Gasteiger partial charge in [0.15, 0.2) is 12.2 Å². The van der Waals surface area contributed by atoms with E-state index in [9.17, 15) is 14.4 Å². The van der Waals surface area contributed by atoms with Crippen LogP contribution in [0.4, 0.5) is 0 Å². The van der Waals surface area contributed by atoms with Crippen LogP contribution in [-0.2, 0) is 18.9 Å². The Labute approximate surface area is 196 Å². The standard InChI is InChI=1S/C26H23NO7/c27-23-22(34-26(30)19-14-8-3-9-15-19)21(33-25(29)18-12-6-2-7-13-18)20(32-23)16-31-24(28)17-10-4-1-5-11-17/h1-15,20-23H,16,27H2/t20-,21-,22-,23?/m1/s1. The van der Waals surface area contributed by atoms with E-state index in [1.54, 1.807) is 91.0 Å². The van der Waals surface area contributed by atoms with Crippen molar-refractivity contribution in [3.05, 3.63) is 108 Å². The lowest BCUT2D eigenvalue weighted by atomic mass is 10.1. The molecule has 1 aliphatic rings. The number of hydrogen-bond donors (Lipinski definition) is 1. The molecule has 0 saturated carbocycles. The number of carbonyl (C=O) groups is 3. The molecule has 1 fully saturated rings. The van der Waals surface area contributed by atoms with Gasteiger partial charge in [0.25, 0.3) is 0 Å². The SMILES string of the molecule is NC1O[C@H](COC(=O)c2ccccc2)[C@@H](OC(=O)c2ccccc2)[C@H]1OC(=O)c1ccccc1. The number of benzene rings is 3. The van der Waals surface area contributed by atoms with Crippen molar-refractivity contribution in [3.63, 3.8) is 0 Å². The summed E-state index contributed by atoms with van der Waals surface area (Å²) in [4.78, 5) is 37.8. The predicted octanol–water partition coefficient (Wildman–Crippen LogP) is 2.98. The Balaban J connectivity index is 1.51. The van der Waals surface area contributed by atoms with Gasteiger partial charge in [-0.25, -0.2) is 14.4 Å². The van der Waals surface area contributed by atoms with Gasteiger partial charge in [0.2, 0.25) is 0 Å². The lowest BCUT2D eigenvalue weighted by Crippen LogP contribution is -2.44. The molecule has 0 bridgehead atoms. The maximum Gasteiger partial charge on any atom is 0.338 e. The van der Waals surface area contributed by atoms with E-state index >= 15 is 0 Å². The first-order valence-corrected chi connectivity index (χ1v) is 10.7. The van der Waals surface area contributed by atoms with Gasteiger partial charge in [-0.1, -0.05) is 54.6 Å². The van der Waals surface area contributed by atoms with Crippen molar-refractivity contribution in [3.8, 4) is 0 Å². The summed E-state index contributed by atoms with van der Waals surface area (Å²) in [5.41, 5.74) is 7.05. The predicted molar refractivity (Wildman–Crippen MR) is 121 cm³/mol. The Kier molecular flexibility index (Phi) is 7.31. The Bertz CT molecular complexity index is 1120. The minimum atomic E-state index is -1.11. The van der Waals surface area contributed by atoms with Gasteiger partial charge in [-0.2, -0.15) is 0 Å². The fourth-order valence-electron chi connectivity index (χ4n) is 3.51. The van der Waals surface area contributed by atoms with Crippen LogP contribution < -0.4 is 5.73 Å². The number of nitrogens with two attached hydrogens (primary N) is 1. The molecule has 1 unspecified atom stereocenters. The van der Waals surface area contributed by atoms with E-state index in [1.807, 2.05) is 0 Å². The zero-order chi connectivity index (χ0) is 23.9. The molecule has 0 radical (unpaired) electrons. The second kappa shape index (κ2) is 10.7. The topological polar surface area (TPSA) is 114 Å². The molecule has 3 aromatic carbocycles. The van der Waals surface area contributed by atoms with E-state index in [1.165, 1.54) is 0 Å². The highest BCUT2D eigenvalue weighted by Crippen LogP contribution is 2.27. The van der Waals surface area contributed by atoms with Crippen molar-refractivity contribution in [1.29, 1.82) is 0 Å². The molecule has 1 saturated heterocycles. The average molecular weight is 461 g/mol. The molecule has 0 aliphatic carbocycles. The molecule has 3 aromatic rings. The Morgan fingerprint density at radius 1 is 0.647 bits per heavy atom. The van der Waals surface area contributed by atoms with Gasteiger partial charge >= 0.3 is 17.9 Å².